The molecule has 0 unspecified atom stereocenters. The van der Waals surface area contributed by atoms with Crippen LogP contribution in [0.1, 0.15) is 0 Å². The molecule has 0 fully saturated rings. The highest BCUT2D eigenvalue weighted by atomic mass is 15.3. The van der Waals surface area contributed by atoms with Crippen molar-refractivity contribution in [1.29, 1.82) is 0 Å². The van der Waals surface area contributed by atoms with E-state index in [1.54, 1.807) is 6.33 Å². The molecule has 0 bridgehead atoms. The third kappa shape index (κ3) is 3.58. The number of pyridine rings is 1. The molecule has 0 atom stereocenters. The largest absolute Gasteiger partial charge is 0.316 e. The third-order valence-electron chi connectivity index (χ3n) is 7.33. The minimum atomic E-state index is 0.694. The number of hydrogen-bond donors (Lipinski definition) is 0. The van der Waals surface area contributed by atoms with Crippen molar-refractivity contribution >= 4 is 27.5 Å². The van der Waals surface area contributed by atoms with E-state index < -0.39 is 0 Å². The van der Waals surface area contributed by atoms with Crippen LogP contribution in [0.4, 0.5) is 0 Å². The second-order valence-electron chi connectivity index (χ2n) is 9.70. The topological polar surface area (TPSA) is 60.9 Å². The van der Waals surface area contributed by atoms with Gasteiger partial charge in [0, 0.05) is 39.3 Å². The Labute approximate surface area is 229 Å². The van der Waals surface area contributed by atoms with Crippen LogP contribution in [0.15, 0.2) is 134 Å². The standard InChI is InChI=1S/C34H22N6/c1-3-9-23(10-4-1)29-21-30(24-11-5-2-6-12-24)38-33(37-29)25-15-17-26(18-16-25)39-20-19-28-32(39)27-13-7-8-14-31(27)40-34(28)35-22-36-40/h1-22H. The van der Waals surface area contributed by atoms with Crippen molar-refractivity contribution in [3.63, 3.8) is 0 Å². The molecule has 0 saturated carbocycles. The number of aromatic nitrogens is 6. The highest BCUT2D eigenvalue weighted by Crippen LogP contribution is 2.32. The lowest BCUT2D eigenvalue weighted by Gasteiger charge is -2.11. The lowest BCUT2D eigenvalue weighted by atomic mass is 10.1. The van der Waals surface area contributed by atoms with E-state index in [4.69, 9.17) is 9.97 Å². The minimum absolute atomic E-state index is 0.694. The zero-order chi connectivity index (χ0) is 26.5. The number of hydrogen-bond acceptors (Lipinski definition) is 4. The predicted molar refractivity (Wildman–Crippen MR) is 159 cm³/mol. The molecule has 0 radical (unpaired) electrons. The van der Waals surface area contributed by atoms with Gasteiger partial charge in [-0.1, -0.05) is 78.9 Å². The maximum absolute atomic E-state index is 4.98. The fourth-order valence-electron chi connectivity index (χ4n) is 5.42. The van der Waals surface area contributed by atoms with Crippen molar-refractivity contribution in [2.45, 2.75) is 0 Å². The summed E-state index contributed by atoms with van der Waals surface area (Å²) in [5.74, 6) is 0.694. The van der Waals surface area contributed by atoms with Gasteiger partial charge in [0.1, 0.15) is 6.33 Å². The second-order valence-corrected chi connectivity index (χ2v) is 9.70. The fourth-order valence-corrected chi connectivity index (χ4v) is 5.42. The minimum Gasteiger partial charge on any atom is -0.316 e. The molecule has 40 heavy (non-hydrogen) atoms. The summed E-state index contributed by atoms with van der Waals surface area (Å²) in [6.07, 6.45) is 3.71. The van der Waals surface area contributed by atoms with Gasteiger partial charge in [-0.2, -0.15) is 5.10 Å². The van der Waals surface area contributed by atoms with E-state index in [0.717, 1.165) is 61.2 Å². The molecule has 0 saturated heterocycles. The molecule has 0 amide bonds. The van der Waals surface area contributed by atoms with Gasteiger partial charge in [0.15, 0.2) is 11.5 Å². The molecule has 0 aliphatic heterocycles. The molecule has 4 heterocycles. The van der Waals surface area contributed by atoms with E-state index in [9.17, 15) is 0 Å². The summed E-state index contributed by atoms with van der Waals surface area (Å²) >= 11 is 0. The molecule has 0 spiro atoms. The second kappa shape index (κ2) is 8.99. The number of rotatable bonds is 4. The third-order valence-corrected chi connectivity index (χ3v) is 7.33. The SMILES string of the molecule is c1ccc(-c2cc(-c3ccccc3)nc(-c3ccc(-n4ccc5c4c4ccccc4n4ncnc54)cc3)n2)cc1. The maximum Gasteiger partial charge on any atom is 0.165 e. The van der Waals surface area contributed by atoms with Crippen molar-refractivity contribution in [1.82, 2.24) is 29.1 Å². The van der Waals surface area contributed by atoms with Gasteiger partial charge in [0.25, 0.3) is 0 Å². The number of nitrogens with zero attached hydrogens (tertiary/aromatic N) is 6. The lowest BCUT2D eigenvalue weighted by Crippen LogP contribution is -1.98. The highest BCUT2D eigenvalue weighted by Gasteiger charge is 2.15. The van der Waals surface area contributed by atoms with Gasteiger partial charge in [0.05, 0.1) is 22.4 Å². The van der Waals surface area contributed by atoms with Gasteiger partial charge in [-0.3, -0.25) is 0 Å². The molecule has 0 aliphatic rings. The zero-order valence-electron chi connectivity index (χ0n) is 21.4. The van der Waals surface area contributed by atoms with E-state index in [1.165, 1.54) is 0 Å². The Morgan fingerprint density at radius 3 is 1.90 bits per heavy atom. The summed E-state index contributed by atoms with van der Waals surface area (Å²) in [6, 6.07) is 41.4. The molecule has 8 aromatic rings. The number of para-hydroxylation sites is 1. The summed E-state index contributed by atoms with van der Waals surface area (Å²) in [4.78, 5) is 14.5. The lowest BCUT2D eigenvalue weighted by molar-refractivity contribution is 1.01. The van der Waals surface area contributed by atoms with Gasteiger partial charge in [-0.05, 0) is 42.5 Å². The van der Waals surface area contributed by atoms with E-state index in [-0.39, 0.29) is 0 Å². The molecule has 0 aliphatic carbocycles. The summed E-state index contributed by atoms with van der Waals surface area (Å²) < 4.78 is 4.12. The van der Waals surface area contributed by atoms with Crippen molar-refractivity contribution < 1.29 is 0 Å². The molecule has 8 rings (SSSR count). The van der Waals surface area contributed by atoms with Gasteiger partial charge < -0.3 is 4.57 Å². The van der Waals surface area contributed by atoms with E-state index in [2.05, 4.69) is 99.7 Å². The maximum atomic E-state index is 4.98. The molecular formula is C34H22N6. The van der Waals surface area contributed by atoms with E-state index in [1.807, 2.05) is 47.0 Å². The first-order valence-electron chi connectivity index (χ1n) is 13.2. The van der Waals surface area contributed by atoms with Crippen LogP contribution in [-0.4, -0.2) is 29.1 Å². The Bertz CT molecular complexity index is 2090. The molecule has 6 heteroatoms. The predicted octanol–water partition coefficient (Wildman–Crippen LogP) is 7.62. The molecule has 0 N–H and O–H groups in total. The Balaban J connectivity index is 1.27. The van der Waals surface area contributed by atoms with Crippen LogP contribution in [0.3, 0.4) is 0 Å². The molecule has 4 aromatic heterocycles. The highest BCUT2D eigenvalue weighted by molar-refractivity contribution is 6.10. The first-order chi connectivity index (χ1) is 19.8. The summed E-state index contributed by atoms with van der Waals surface area (Å²) in [7, 11) is 0. The van der Waals surface area contributed by atoms with E-state index in [0.29, 0.717) is 5.82 Å². The van der Waals surface area contributed by atoms with Crippen molar-refractivity contribution in [2.75, 3.05) is 0 Å². The Morgan fingerprint density at radius 1 is 0.550 bits per heavy atom. The fraction of sp³-hybridized carbons (Fsp3) is 0. The Kier molecular flexibility index (Phi) is 5.03. The van der Waals surface area contributed by atoms with Crippen LogP contribution >= 0.6 is 0 Å². The molecule has 4 aromatic carbocycles. The average molecular weight is 515 g/mol. The van der Waals surface area contributed by atoms with Crippen molar-refractivity contribution in [3.05, 3.63) is 134 Å². The number of benzene rings is 4. The first kappa shape index (κ1) is 22.4. The van der Waals surface area contributed by atoms with Gasteiger partial charge >= 0.3 is 0 Å². The van der Waals surface area contributed by atoms with Gasteiger partial charge in [-0.15, -0.1) is 0 Å². The Morgan fingerprint density at radius 2 is 1.20 bits per heavy atom. The summed E-state index contributed by atoms with van der Waals surface area (Å²) in [6.45, 7) is 0. The van der Waals surface area contributed by atoms with Crippen LogP contribution < -0.4 is 0 Å². The summed E-state index contributed by atoms with van der Waals surface area (Å²) in [5, 5.41) is 6.65. The van der Waals surface area contributed by atoms with Crippen LogP contribution in [0, 0.1) is 0 Å². The van der Waals surface area contributed by atoms with Crippen LogP contribution in [0.5, 0.6) is 0 Å². The molecule has 188 valence electrons. The normalized spacial score (nSPS) is 11.5. The smallest absolute Gasteiger partial charge is 0.165 e. The van der Waals surface area contributed by atoms with Gasteiger partial charge in [0.2, 0.25) is 0 Å². The monoisotopic (exact) mass is 514 g/mol. The Hall–Kier alpha value is -5.62. The zero-order valence-corrected chi connectivity index (χ0v) is 21.4. The van der Waals surface area contributed by atoms with Crippen molar-refractivity contribution in [3.8, 4) is 39.6 Å². The quantitative estimate of drug-likeness (QED) is 0.242. The summed E-state index contributed by atoms with van der Waals surface area (Å²) in [5.41, 5.74) is 8.91. The molecular weight excluding hydrogens is 492 g/mol. The van der Waals surface area contributed by atoms with Crippen LogP contribution in [0.25, 0.3) is 67.0 Å². The van der Waals surface area contributed by atoms with Crippen LogP contribution in [-0.2, 0) is 0 Å². The number of fused-ring (bicyclic) bond motifs is 6. The van der Waals surface area contributed by atoms with Crippen molar-refractivity contribution in [2.24, 2.45) is 0 Å². The average Bonchev–Trinajstić information content (AvgIpc) is 3.70. The van der Waals surface area contributed by atoms with E-state index >= 15 is 0 Å². The first-order valence-corrected chi connectivity index (χ1v) is 13.2. The van der Waals surface area contributed by atoms with Gasteiger partial charge in [-0.25, -0.2) is 19.5 Å². The van der Waals surface area contributed by atoms with Crippen LogP contribution in [0.2, 0.25) is 0 Å². The molecule has 6 nitrogen and oxygen atoms in total.